The van der Waals surface area contributed by atoms with Crippen LogP contribution >= 0.6 is 0 Å². The van der Waals surface area contributed by atoms with Gasteiger partial charge in [-0.15, -0.1) is 0 Å². The average molecular weight is 252 g/mol. The van der Waals surface area contributed by atoms with Crippen molar-refractivity contribution in [1.82, 2.24) is 4.98 Å². The van der Waals surface area contributed by atoms with Gasteiger partial charge < -0.3 is 11.1 Å². The normalized spacial score (nSPS) is 9.68. The van der Waals surface area contributed by atoms with Crippen LogP contribution in [-0.2, 0) is 0 Å². The Morgan fingerprint density at radius 1 is 1.42 bits per heavy atom. The molecule has 0 bridgehead atoms. The van der Waals surface area contributed by atoms with Crippen LogP contribution in [0.5, 0.6) is 0 Å². The Hall–Kier alpha value is -2.87. The van der Waals surface area contributed by atoms with E-state index in [2.05, 4.69) is 10.3 Å². The van der Waals surface area contributed by atoms with Crippen LogP contribution in [0, 0.1) is 18.3 Å². The maximum Gasteiger partial charge on any atom is 0.274 e. The van der Waals surface area contributed by atoms with E-state index >= 15 is 0 Å². The summed E-state index contributed by atoms with van der Waals surface area (Å²) >= 11 is 0. The van der Waals surface area contributed by atoms with Crippen LogP contribution in [0.2, 0.25) is 0 Å². The Kier molecular flexibility index (Phi) is 3.44. The molecule has 1 aromatic carbocycles. The SMILES string of the molecule is Cc1cccnc1C(=O)Nc1ccc(C#N)cc1N. The standard InChI is InChI=1S/C14H12N4O/c1-9-3-2-6-17-13(9)14(19)18-12-5-4-10(8-15)7-11(12)16/h2-7H,16H2,1H3,(H,18,19). The molecule has 5 heteroatoms. The summed E-state index contributed by atoms with van der Waals surface area (Å²) < 4.78 is 0. The summed E-state index contributed by atoms with van der Waals surface area (Å²) in [5.74, 6) is -0.325. The zero-order valence-electron chi connectivity index (χ0n) is 10.3. The van der Waals surface area contributed by atoms with E-state index in [4.69, 9.17) is 11.0 Å². The van der Waals surface area contributed by atoms with Crippen LogP contribution < -0.4 is 11.1 Å². The maximum absolute atomic E-state index is 12.0. The number of nitrogens with zero attached hydrogens (tertiary/aromatic N) is 2. The lowest BCUT2D eigenvalue weighted by Crippen LogP contribution is -2.16. The number of benzene rings is 1. The van der Waals surface area contributed by atoms with Crippen LogP contribution in [0.4, 0.5) is 11.4 Å². The fourth-order valence-electron chi connectivity index (χ4n) is 1.65. The molecule has 0 fully saturated rings. The molecule has 2 aromatic rings. The molecule has 0 radical (unpaired) electrons. The van der Waals surface area contributed by atoms with Gasteiger partial charge in [-0.25, -0.2) is 0 Å². The first-order valence-corrected chi connectivity index (χ1v) is 5.64. The van der Waals surface area contributed by atoms with E-state index in [1.807, 2.05) is 19.1 Å². The predicted octanol–water partition coefficient (Wildman–Crippen LogP) is 2.10. The molecular formula is C14H12N4O. The lowest BCUT2D eigenvalue weighted by molar-refractivity contribution is 0.102. The predicted molar refractivity (Wildman–Crippen MR) is 72.5 cm³/mol. The van der Waals surface area contributed by atoms with E-state index < -0.39 is 0 Å². The Bertz CT molecular complexity index is 673. The maximum atomic E-state index is 12.0. The minimum Gasteiger partial charge on any atom is -0.397 e. The number of pyridine rings is 1. The molecule has 1 heterocycles. The first kappa shape index (κ1) is 12.6. The Morgan fingerprint density at radius 2 is 2.21 bits per heavy atom. The molecule has 1 amide bonds. The fourth-order valence-corrected chi connectivity index (χ4v) is 1.65. The first-order valence-electron chi connectivity index (χ1n) is 5.64. The highest BCUT2D eigenvalue weighted by Gasteiger charge is 2.11. The highest BCUT2D eigenvalue weighted by Crippen LogP contribution is 2.20. The van der Waals surface area contributed by atoms with E-state index in [1.165, 1.54) is 6.07 Å². The molecule has 0 spiro atoms. The van der Waals surface area contributed by atoms with Gasteiger partial charge in [-0.3, -0.25) is 9.78 Å². The van der Waals surface area contributed by atoms with Crippen molar-refractivity contribution >= 4 is 17.3 Å². The highest BCUT2D eigenvalue weighted by molar-refractivity contribution is 6.05. The second-order valence-electron chi connectivity index (χ2n) is 4.04. The van der Waals surface area contributed by atoms with Crippen LogP contribution in [0.3, 0.4) is 0 Å². The topological polar surface area (TPSA) is 91.8 Å². The molecule has 0 atom stereocenters. The third kappa shape index (κ3) is 2.69. The second-order valence-corrected chi connectivity index (χ2v) is 4.04. The summed E-state index contributed by atoms with van der Waals surface area (Å²) in [5, 5.41) is 11.4. The molecule has 0 saturated heterocycles. The number of carbonyl (C=O) groups is 1. The van der Waals surface area contributed by atoms with Crippen molar-refractivity contribution in [1.29, 1.82) is 5.26 Å². The van der Waals surface area contributed by atoms with Gasteiger partial charge in [0.05, 0.1) is 23.0 Å². The summed E-state index contributed by atoms with van der Waals surface area (Å²) in [6.45, 7) is 1.81. The van der Waals surface area contributed by atoms with E-state index in [9.17, 15) is 4.79 Å². The van der Waals surface area contributed by atoms with Gasteiger partial charge in [-0.2, -0.15) is 5.26 Å². The Labute approximate surface area is 110 Å². The summed E-state index contributed by atoms with van der Waals surface area (Å²) in [6, 6.07) is 10.3. The van der Waals surface area contributed by atoms with E-state index in [0.717, 1.165) is 5.56 Å². The smallest absolute Gasteiger partial charge is 0.274 e. The van der Waals surface area contributed by atoms with Gasteiger partial charge >= 0.3 is 0 Å². The summed E-state index contributed by atoms with van der Waals surface area (Å²) in [5.41, 5.74) is 8.18. The van der Waals surface area contributed by atoms with Crippen LogP contribution in [0.15, 0.2) is 36.5 Å². The lowest BCUT2D eigenvalue weighted by Gasteiger charge is -2.09. The van der Waals surface area contributed by atoms with Crippen molar-refractivity contribution in [3.05, 3.63) is 53.3 Å². The van der Waals surface area contributed by atoms with Crippen molar-refractivity contribution in [3.63, 3.8) is 0 Å². The van der Waals surface area contributed by atoms with Crippen molar-refractivity contribution < 1.29 is 4.79 Å². The number of rotatable bonds is 2. The molecule has 0 unspecified atom stereocenters. The number of amides is 1. The third-order valence-electron chi connectivity index (χ3n) is 2.65. The molecule has 2 rings (SSSR count). The number of nitrogen functional groups attached to an aromatic ring is 1. The molecule has 19 heavy (non-hydrogen) atoms. The van der Waals surface area contributed by atoms with Crippen LogP contribution in [0.25, 0.3) is 0 Å². The molecule has 0 aliphatic carbocycles. The Balaban J connectivity index is 2.25. The molecule has 5 nitrogen and oxygen atoms in total. The van der Waals surface area contributed by atoms with Crippen LogP contribution in [0.1, 0.15) is 21.6 Å². The van der Waals surface area contributed by atoms with Crippen molar-refractivity contribution in [2.75, 3.05) is 11.1 Å². The van der Waals surface area contributed by atoms with E-state index in [-0.39, 0.29) is 5.91 Å². The third-order valence-corrected chi connectivity index (χ3v) is 2.65. The monoisotopic (exact) mass is 252 g/mol. The number of nitrogens with two attached hydrogens (primary N) is 1. The molecule has 0 saturated carbocycles. The number of anilines is 2. The lowest BCUT2D eigenvalue weighted by atomic mass is 10.1. The molecule has 94 valence electrons. The molecule has 1 aromatic heterocycles. The average Bonchev–Trinajstić information content (AvgIpc) is 2.41. The largest absolute Gasteiger partial charge is 0.397 e. The van der Waals surface area contributed by atoms with Crippen LogP contribution in [-0.4, -0.2) is 10.9 Å². The number of hydrogen-bond donors (Lipinski definition) is 2. The number of nitrogens with one attached hydrogen (secondary N) is 1. The Morgan fingerprint density at radius 3 is 2.84 bits per heavy atom. The fraction of sp³-hybridized carbons (Fsp3) is 0.0714. The second kappa shape index (κ2) is 5.19. The van der Waals surface area contributed by atoms with Gasteiger partial charge in [0.15, 0.2) is 0 Å². The number of aryl methyl sites for hydroxylation is 1. The summed E-state index contributed by atoms with van der Waals surface area (Å²) in [7, 11) is 0. The molecule has 0 aliphatic heterocycles. The number of carbonyl (C=O) groups excluding carboxylic acids is 1. The van der Waals surface area contributed by atoms with Gasteiger partial charge in [-0.05, 0) is 36.8 Å². The minimum atomic E-state index is -0.325. The van der Waals surface area contributed by atoms with Gasteiger partial charge in [0.2, 0.25) is 0 Å². The molecule has 3 N–H and O–H groups in total. The van der Waals surface area contributed by atoms with Gasteiger partial charge in [0.1, 0.15) is 5.69 Å². The number of nitriles is 1. The zero-order valence-corrected chi connectivity index (χ0v) is 10.3. The van der Waals surface area contributed by atoms with Crippen molar-refractivity contribution in [2.45, 2.75) is 6.92 Å². The van der Waals surface area contributed by atoms with E-state index in [1.54, 1.807) is 24.4 Å². The van der Waals surface area contributed by atoms with Gasteiger partial charge in [0, 0.05) is 6.20 Å². The summed E-state index contributed by atoms with van der Waals surface area (Å²) in [4.78, 5) is 16.1. The zero-order chi connectivity index (χ0) is 13.8. The minimum absolute atomic E-state index is 0.325. The number of aromatic nitrogens is 1. The molecule has 0 aliphatic rings. The summed E-state index contributed by atoms with van der Waals surface area (Å²) in [6.07, 6.45) is 1.56. The van der Waals surface area contributed by atoms with Crippen molar-refractivity contribution in [2.24, 2.45) is 0 Å². The first-order chi connectivity index (χ1) is 9.11. The number of hydrogen-bond acceptors (Lipinski definition) is 4. The highest BCUT2D eigenvalue weighted by atomic mass is 16.1. The van der Waals surface area contributed by atoms with E-state index in [0.29, 0.717) is 22.6 Å². The quantitative estimate of drug-likeness (QED) is 0.800. The van der Waals surface area contributed by atoms with Crippen molar-refractivity contribution in [3.8, 4) is 6.07 Å². The van der Waals surface area contributed by atoms with Gasteiger partial charge in [0.25, 0.3) is 5.91 Å². The molecular weight excluding hydrogens is 240 g/mol. The van der Waals surface area contributed by atoms with Gasteiger partial charge in [-0.1, -0.05) is 6.07 Å².